The van der Waals surface area contributed by atoms with E-state index in [2.05, 4.69) is 0 Å². The second kappa shape index (κ2) is 6.09. The predicted molar refractivity (Wildman–Crippen MR) is 75.6 cm³/mol. The van der Waals surface area contributed by atoms with Crippen molar-refractivity contribution in [2.24, 2.45) is 0 Å². The Kier molecular flexibility index (Phi) is 4.44. The molecule has 5 nitrogen and oxygen atoms in total. The van der Waals surface area contributed by atoms with Gasteiger partial charge in [0.05, 0.1) is 16.6 Å². The van der Waals surface area contributed by atoms with Crippen LogP contribution >= 0.6 is 23.2 Å². The molecule has 0 fully saturated rings. The number of benzene rings is 2. The Labute approximate surface area is 124 Å². The van der Waals surface area contributed by atoms with Gasteiger partial charge in [-0.2, -0.15) is 0 Å². The van der Waals surface area contributed by atoms with Crippen molar-refractivity contribution >= 4 is 28.9 Å². The van der Waals surface area contributed by atoms with E-state index in [0.29, 0.717) is 5.56 Å². The van der Waals surface area contributed by atoms with Crippen molar-refractivity contribution < 1.29 is 14.8 Å². The molecule has 0 aliphatic carbocycles. The topological polar surface area (TPSA) is 72.6 Å². The highest BCUT2D eigenvalue weighted by molar-refractivity contribution is 6.32. The lowest BCUT2D eigenvalue weighted by atomic mass is 10.2. The highest BCUT2D eigenvalue weighted by Crippen LogP contribution is 2.38. The molecular formula is C13H9Cl2NO4. The van der Waals surface area contributed by atoms with Gasteiger partial charge in [-0.3, -0.25) is 10.1 Å². The molecule has 0 radical (unpaired) electrons. The van der Waals surface area contributed by atoms with Crippen LogP contribution in [-0.2, 0) is 6.61 Å². The summed E-state index contributed by atoms with van der Waals surface area (Å²) in [6.07, 6.45) is 0. The van der Waals surface area contributed by atoms with Gasteiger partial charge in [-0.25, -0.2) is 0 Å². The van der Waals surface area contributed by atoms with E-state index in [1.807, 2.05) is 0 Å². The zero-order valence-electron chi connectivity index (χ0n) is 10.0. The van der Waals surface area contributed by atoms with Crippen LogP contribution in [0.25, 0.3) is 0 Å². The summed E-state index contributed by atoms with van der Waals surface area (Å²) in [4.78, 5) is 10.4. The minimum Gasteiger partial charge on any atom is -0.448 e. The fourth-order valence-electron chi connectivity index (χ4n) is 1.62. The van der Waals surface area contributed by atoms with Crippen molar-refractivity contribution in [1.82, 2.24) is 0 Å². The zero-order valence-corrected chi connectivity index (χ0v) is 11.6. The summed E-state index contributed by atoms with van der Waals surface area (Å²) < 4.78 is 5.49. The highest BCUT2D eigenvalue weighted by Gasteiger charge is 2.18. The van der Waals surface area contributed by atoms with E-state index in [1.54, 1.807) is 18.2 Å². The van der Waals surface area contributed by atoms with Crippen LogP contribution in [0.5, 0.6) is 11.5 Å². The monoisotopic (exact) mass is 313 g/mol. The summed E-state index contributed by atoms with van der Waals surface area (Å²) in [6.45, 7) is -0.294. The minimum absolute atomic E-state index is 0.00204. The van der Waals surface area contributed by atoms with Crippen molar-refractivity contribution in [1.29, 1.82) is 0 Å². The summed E-state index contributed by atoms with van der Waals surface area (Å²) in [6, 6.07) is 8.87. The van der Waals surface area contributed by atoms with Crippen molar-refractivity contribution in [3.8, 4) is 11.5 Å². The summed E-state index contributed by atoms with van der Waals surface area (Å²) >= 11 is 11.7. The average Bonchev–Trinajstić information content (AvgIpc) is 2.42. The van der Waals surface area contributed by atoms with Crippen molar-refractivity contribution in [3.63, 3.8) is 0 Å². The van der Waals surface area contributed by atoms with Gasteiger partial charge >= 0.3 is 5.69 Å². The molecule has 0 aliphatic heterocycles. The number of nitrogens with zero attached hydrogens (tertiary/aromatic N) is 1. The van der Waals surface area contributed by atoms with E-state index in [1.165, 1.54) is 18.2 Å². The van der Waals surface area contributed by atoms with Gasteiger partial charge < -0.3 is 9.84 Å². The summed E-state index contributed by atoms with van der Waals surface area (Å²) in [5.74, 6) is 0.185. The third kappa shape index (κ3) is 3.01. The van der Waals surface area contributed by atoms with Crippen LogP contribution in [0, 0.1) is 10.1 Å². The number of nitro benzene ring substituents is 1. The smallest absolute Gasteiger partial charge is 0.313 e. The van der Waals surface area contributed by atoms with E-state index in [4.69, 9.17) is 27.9 Å². The third-order valence-electron chi connectivity index (χ3n) is 2.55. The van der Waals surface area contributed by atoms with Crippen LogP contribution in [-0.4, -0.2) is 10.0 Å². The van der Waals surface area contributed by atoms with E-state index >= 15 is 0 Å². The molecule has 0 aliphatic rings. The second-order valence-corrected chi connectivity index (χ2v) is 4.70. The van der Waals surface area contributed by atoms with Crippen LogP contribution in [0.1, 0.15) is 5.56 Å². The molecule has 0 saturated heterocycles. The Morgan fingerprint density at radius 2 is 2.00 bits per heavy atom. The Morgan fingerprint density at radius 3 is 2.65 bits per heavy atom. The largest absolute Gasteiger partial charge is 0.448 e. The molecule has 0 aromatic heterocycles. The molecule has 0 saturated carbocycles. The number of rotatable bonds is 4. The number of ether oxygens (including phenoxy) is 1. The van der Waals surface area contributed by atoms with Crippen LogP contribution in [0.15, 0.2) is 36.4 Å². The highest BCUT2D eigenvalue weighted by atomic mass is 35.5. The van der Waals surface area contributed by atoms with Crippen LogP contribution < -0.4 is 4.74 Å². The first-order valence-corrected chi connectivity index (χ1v) is 6.28. The van der Waals surface area contributed by atoms with Gasteiger partial charge in [0.1, 0.15) is 0 Å². The lowest BCUT2D eigenvalue weighted by Gasteiger charge is -2.11. The quantitative estimate of drug-likeness (QED) is 0.678. The first-order chi connectivity index (χ1) is 9.52. The van der Waals surface area contributed by atoms with E-state index in [-0.39, 0.29) is 33.8 Å². The molecule has 2 rings (SSSR count). The van der Waals surface area contributed by atoms with Gasteiger partial charge in [0, 0.05) is 16.7 Å². The summed E-state index contributed by atoms with van der Waals surface area (Å²) in [5.41, 5.74) is 0.156. The Morgan fingerprint density at radius 1 is 1.25 bits per heavy atom. The molecule has 0 amide bonds. The van der Waals surface area contributed by atoms with Crippen LogP contribution in [0.4, 0.5) is 5.69 Å². The molecule has 20 heavy (non-hydrogen) atoms. The number of aliphatic hydroxyl groups excluding tert-OH is 1. The Balaban J connectivity index is 2.48. The maximum absolute atomic E-state index is 11.0. The molecule has 104 valence electrons. The molecule has 7 heteroatoms. The molecule has 0 heterocycles. The fraction of sp³-hybridized carbons (Fsp3) is 0.0769. The van der Waals surface area contributed by atoms with Crippen molar-refractivity contribution in [2.75, 3.05) is 0 Å². The number of para-hydroxylation sites is 1. The van der Waals surface area contributed by atoms with E-state index in [0.717, 1.165) is 0 Å². The molecular weight excluding hydrogens is 305 g/mol. The normalized spacial score (nSPS) is 10.3. The van der Waals surface area contributed by atoms with E-state index < -0.39 is 4.92 Å². The molecule has 0 unspecified atom stereocenters. The lowest BCUT2D eigenvalue weighted by Crippen LogP contribution is -1.96. The molecule has 2 aromatic carbocycles. The van der Waals surface area contributed by atoms with Crippen molar-refractivity contribution in [3.05, 3.63) is 62.1 Å². The molecule has 2 aromatic rings. The number of hydrogen-bond acceptors (Lipinski definition) is 4. The van der Waals surface area contributed by atoms with Gasteiger partial charge in [-0.05, 0) is 18.2 Å². The number of halogens is 2. The maximum atomic E-state index is 11.0. The van der Waals surface area contributed by atoms with Gasteiger partial charge in [0.25, 0.3) is 0 Å². The number of nitro groups is 1. The molecule has 0 bridgehead atoms. The fourth-order valence-corrected chi connectivity index (χ4v) is 2.02. The Hall–Kier alpha value is -1.82. The van der Waals surface area contributed by atoms with E-state index in [9.17, 15) is 15.2 Å². The van der Waals surface area contributed by atoms with Gasteiger partial charge in [0.2, 0.25) is 5.75 Å². The first kappa shape index (κ1) is 14.6. The SMILES string of the molecule is O=[N+]([O-])c1cc(Cl)ccc1Oc1c(Cl)cccc1CO. The molecule has 0 atom stereocenters. The third-order valence-corrected chi connectivity index (χ3v) is 3.08. The van der Waals surface area contributed by atoms with Gasteiger partial charge in [-0.15, -0.1) is 0 Å². The zero-order chi connectivity index (χ0) is 14.7. The predicted octanol–water partition coefficient (Wildman–Crippen LogP) is 4.19. The lowest BCUT2D eigenvalue weighted by molar-refractivity contribution is -0.385. The number of aliphatic hydroxyl groups is 1. The molecule has 0 spiro atoms. The number of hydrogen-bond donors (Lipinski definition) is 1. The minimum atomic E-state index is -0.601. The van der Waals surface area contributed by atoms with Gasteiger partial charge in [0.15, 0.2) is 5.75 Å². The second-order valence-electron chi connectivity index (χ2n) is 3.86. The first-order valence-electron chi connectivity index (χ1n) is 5.53. The van der Waals surface area contributed by atoms with Crippen LogP contribution in [0.2, 0.25) is 10.0 Å². The summed E-state index contributed by atoms with van der Waals surface area (Å²) in [5, 5.41) is 20.7. The van der Waals surface area contributed by atoms with Gasteiger partial charge in [-0.1, -0.05) is 35.3 Å². The Bertz CT molecular complexity index is 661. The standard InChI is InChI=1S/C13H9Cl2NO4/c14-9-4-5-12(11(6-9)16(18)19)20-13-8(7-17)2-1-3-10(13)15/h1-6,17H,7H2. The average molecular weight is 314 g/mol. The van der Waals surface area contributed by atoms with Crippen molar-refractivity contribution in [2.45, 2.75) is 6.61 Å². The molecule has 1 N–H and O–H groups in total. The van der Waals surface area contributed by atoms with Crippen LogP contribution in [0.3, 0.4) is 0 Å². The maximum Gasteiger partial charge on any atom is 0.313 e. The summed E-state index contributed by atoms with van der Waals surface area (Å²) in [7, 11) is 0.